The average Bonchev–Trinajstić information content (AvgIpc) is 2.71. The van der Waals surface area contributed by atoms with E-state index in [0.29, 0.717) is 6.04 Å². The van der Waals surface area contributed by atoms with Gasteiger partial charge in [0, 0.05) is 11.7 Å². The molecular formula is C14H20N4. The Morgan fingerprint density at radius 3 is 2.72 bits per heavy atom. The van der Waals surface area contributed by atoms with Gasteiger partial charge < -0.3 is 10.3 Å². The zero-order chi connectivity index (χ0) is 12.5. The van der Waals surface area contributed by atoms with Crippen LogP contribution < -0.4 is 5.32 Å². The molecule has 2 aromatic heterocycles. The summed E-state index contributed by atoms with van der Waals surface area (Å²) in [6.45, 7) is 4.00. The van der Waals surface area contributed by atoms with Crippen molar-refractivity contribution in [2.45, 2.75) is 52.0 Å². The molecule has 0 bridgehead atoms. The first-order chi connectivity index (χ1) is 8.72. The van der Waals surface area contributed by atoms with Crippen LogP contribution in [0, 0.1) is 13.8 Å². The van der Waals surface area contributed by atoms with Gasteiger partial charge >= 0.3 is 0 Å². The number of fused-ring (bicyclic) bond motifs is 1. The van der Waals surface area contributed by atoms with Crippen LogP contribution >= 0.6 is 0 Å². The monoisotopic (exact) mass is 244 g/mol. The molecule has 0 aliphatic heterocycles. The summed E-state index contributed by atoms with van der Waals surface area (Å²) in [5, 5.41) is 4.72. The Morgan fingerprint density at radius 1 is 1.17 bits per heavy atom. The maximum atomic E-state index is 4.57. The van der Waals surface area contributed by atoms with E-state index >= 15 is 0 Å². The molecule has 3 rings (SSSR count). The van der Waals surface area contributed by atoms with Gasteiger partial charge in [0.05, 0.1) is 5.39 Å². The van der Waals surface area contributed by atoms with Gasteiger partial charge in [0.1, 0.15) is 17.3 Å². The van der Waals surface area contributed by atoms with Gasteiger partial charge in [-0.3, -0.25) is 0 Å². The molecule has 0 amide bonds. The van der Waals surface area contributed by atoms with Gasteiger partial charge in [0.25, 0.3) is 0 Å². The molecule has 1 aliphatic rings. The van der Waals surface area contributed by atoms with Crippen LogP contribution in [0.2, 0.25) is 0 Å². The van der Waals surface area contributed by atoms with Crippen LogP contribution in [0.3, 0.4) is 0 Å². The van der Waals surface area contributed by atoms with Gasteiger partial charge in [-0.05, 0) is 32.8 Å². The van der Waals surface area contributed by atoms with Crippen molar-refractivity contribution in [2.24, 2.45) is 0 Å². The van der Waals surface area contributed by atoms with Crippen LogP contribution in [-0.4, -0.2) is 21.0 Å². The topological polar surface area (TPSA) is 53.6 Å². The van der Waals surface area contributed by atoms with Gasteiger partial charge in [-0.15, -0.1) is 0 Å². The number of rotatable bonds is 2. The first-order valence-electron chi connectivity index (χ1n) is 6.83. The Hall–Kier alpha value is -1.58. The van der Waals surface area contributed by atoms with Crippen molar-refractivity contribution in [1.82, 2.24) is 15.0 Å². The van der Waals surface area contributed by atoms with Gasteiger partial charge in [-0.2, -0.15) is 0 Å². The highest BCUT2D eigenvalue weighted by molar-refractivity contribution is 5.87. The second-order valence-electron chi connectivity index (χ2n) is 5.31. The number of H-pyrrole nitrogens is 1. The minimum atomic E-state index is 0.575. The highest BCUT2D eigenvalue weighted by Gasteiger charge is 2.16. The highest BCUT2D eigenvalue weighted by Crippen LogP contribution is 2.25. The molecule has 0 radical (unpaired) electrons. The molecule has 0 atom stereocenters. The van der Waals surface area contributed by atoms with Crippen LogP contribution in [0.25, 0.3) is 11.0 Å². The zero-order valence-corrected chi connectivity index (χ0v) is 11.1. The number of nitrogens with zero attached hydrogens (tertiary/aromatic N) is 2. The van der Waals surface area contributed by atoms with Crippen molar-refractivity contribution < 1.29 is 0 Å². The van der Waals surface area contributed by atoms with Crippen molar-refractivity contribution in [3.05, 3.63) is 17.6 Å². The zero-order valence-electron chi connectivity index (χ0n) is 11.1. The van der Waals surface area contributed by atoms with Gasteiger partial charge in [-0.25, -0.2) is 9.97 Å². The average molecular weight is 244 g/mol. The second kappa shape index (κ2) is 4.59. The standard InChI is InChI=1S/C14H20N4/c1-9-8-12-13(15-9)16-10(2)17-14(12)18-11-6-4-3-5-7-11/h8,11H,3-7H2,1-2H3,(H2,15,16,17,18). The van der Waals surface area contributed by atoms with Gasteiger partial charge in [-0.1, -0.05) is 19.3 Å². The minimum absolute atomic E-state index is 0.575. The summed E-state index contributed by atoms with van der Waals surface area (Å²) < 4.78 is 0. The van der Waals surface area contributed by atoms with E-state index in [-0.39, 0.29) is 0 Å². The third kappa shape index (κ3) is 2.19. The molecule has 0 spiro atoms. The smallest absolute Gasteiger partial charge is 0.143 e. The summed E-state index contributed by atoms with van der Waals surface area (Å²) in [5.74, 6) is 1.82. The molecule has 2 aromatic rings. The molecule has 4 heteroatoms. The molecular weight excluding hydrogens is 224 g/mol. The van der Waals surface area contributed by atoms with E-state index in [2.05, 4.69) is 33.3 Å². The SMILES string of the molecule is Cc1nc(NC2CCCCC2)c2cc(C)[nH]c2n1. The molecule has 2 N–H and O–H groups in total. The first-order valence-corrected chi connectivity index (χ1v) is 6.83. The van der Waals surface area contributed by atoms with Crippen LogP contribution in [0.5, 0.6) is 0 Å². The van der Waals surface area contributed by atoms with Crippen LogP contribution in [0.15, 0.2) is 6.07 Å². The second-order valence-corrected chi connectivity index (χ2v) is 5.31. The molecule has 18 heavy (non-hydrogen) atoms. The third-order valence-corrected chi connectivity index (χ3v) is 3.68. The van der Waals surface area contributed by atoms with E-state index in [1.165, 1.54) is 32.1 Å². The molecule has 1 aliphatic carbocycles. The van der Waals surface area contributed by atoms with Crippen molar-refractivity contribution in [2.75, 3.05) is 5.32 Å². The maximum absolute atomic E-state index is 4.57. The summed E-state index contributed by atoms with van der Waals surface area (Å²) in [6.07, 6.45) is 6.55. The molecule has 0 unspecified atom stereocenters. The fourth-order valence-electron chi connectivity index (χ4n) is 2.80. The molecule has 96 valence electrons. The first kappa shape index (κ1) is 11.5. The molecule has 1 fully saturated rings. The number of aromatic nitrogens is 3. The Balaban J connectivity index is 1.94. The maximum Gasteiger partial charge on any atom is 0.143 e. The Kier molecular flexibility index (Phi) is 2.94. The van der Waals surface area contributed by atoms with Crippen molar-refractivity contribution in [3.8, 4) is 0 Å². The van der Waals surface area contributed by atoms with Crippen LogP contribution in [0.4, 0.5) is 5.82 Å². The van der Waals surface area contributed by atoms with Crippen LogP contribution in [0.1, 0.15) is 43.6 Å². The van der Waals surface area contributed by atoms with E-state index in [0.717, 1.165) is 28.4 Å². The summed E-state index contributed by atoms with van der Waals surface area (Å²) in [4.78, 5) is 12.3. The molecule has 0 aromatic carbocycles. The predicted molar refractivity (Wildman–Crippen MR) is 73.9 cm³/mol. The van der Waals surface area contributed by atoms with Crippen molar-refractivity contribution in [1.29, 1.82) is 0 Å². The number of aromatic amines is 1. The summed E-state index contributed by atoms with van der Waals surface area (Å²) >= 11 is 0. The molecule has 2 heterocycles. The minimum Gasteiger partial charge on any atom is -0.367 e. The summed E-state index contributed by atoms with van der Waals surface area (Å²) in [6, 6.07) is 2.70. The Bertz CT molecular complexity index is 552. The lowest BCUT2D eigenvalue weighted by atomic mass is 9.95. The summed E-state index contributed by atoms with van der Waals surface area (Å²) in [5.41, 5.74) is 2.08. The highest BCUT2D eigenvalue weighted by atomic mass is 15.1. The number of anilines is 1. The fourth-order valence-corrected chi connectivity index (χ4v) is 2.80. The fraction of sp³-hybridized carbons (Fsp3) is 0.571. The summed E-state index contributed by atoms with van der Waals surface area (Å²) in [7, 11) is 0. The van der Waals surface area contributed by atoms with Crippen molar-refractivity contribution >= 4 is 16.9 Å². The number of hydrogen-bond donors (Lipinski definition) is 2. The quantitative estimate of drug-likeness (QED) is 0.852. The van der Waals surface area contributed by atoms with E-state index in [4.69, 9.17) is 0 Å². The molecule has 4 nitrogen and oxygen atoms in total. The normalized spacial score (nSPS) is 17.2. The Labute approximate surface area is 107 Å². The number of nitrogens with one attached hydrogen (secondary N) is 2. The lowest BCUT2D eigenvalue weighted by molar-refractivity contribution is 0.462. The molecule has 0 saturated heterocycles. The number of aryl methyl sites for hydroxylation is 2. The number of hydrogen-bond acceptors (Lipinski definition) is 3. The van der Waals surface area contributed by atoms with E-state index in [9.17, 15) is 0 Å². The predicted octanol–water partition coefficient (Wildman–Crippen LogP) is 3.32. The molecule has 1 saturated carbocycles. The lowest BCUT2D eigenvalue weighted by Gasteiger charge is -2.23. The Morgan fingerprint density at radius 2 is 1.94 bits per heavy atom. The van der Waals surface area contributed by atoms with E-state index in [1.807, 2.05) is 6.92 Å². The largest absolute Gasteiger partial charge is 0.367 e. The lowest BCUT2D eigenvalue weighted by Crippen LogP contribution is -2.23. The third-order valence-electron chi connectivity index (χ3n) is 3.68. The van der Waals surface area contributed by atoms with Crippen LogP contribution in [-0.2, 0) is 0 Å². The van der Waals surface area contributed by atoms with Gasteiger partial charge in [0.15, 0.2) is 0 Å². The van der Waals surface area contributed by atoms with E-state index in [1.54, 1.807) is 0 Å². The van der Waals surface area contributed by atoms with E-state index < -0.39 is 0 Å². The van der Waals surface area contributed by atoms with Crippen molar-refractivity contribution in [3.63, 3.8) is 0 Å². The van der Waals surface area contributed by atoms with Gasteiger partial charge in [0.2, 0.25) is 0 Å².